The zero-order valence-corrected chi connectivity index (χ0v) is 22.1. The molecule has 32 heavy (non-hydrogen) atoms. The molecule has 0 aromatic rings. The number of hydrogen-bond acceptors (Lipinski definition) is 10. The van der Waals surface area contributed by atoms with Gasteiger partial charge in [0.25, 0.3) is 0 Å². The fraction of sp³-hybridized carbons (Fsp3) is 1.00. The van der Waals surface area contributed by atoms with E-state index < -0.39 is 42.3 Å². The van der Waals surface area contributed by atoms with E-state index in [0.717, 1.165) is 25.7 Å². The van der Waals surface area contributed by atoms with Crippen LogP contribution in [0.5, 0.6) is 0 Å². The Morgan fingerprint density at radius 1 is 1.00 bits per heavy atom. The molecule has 2 aliphatic rings. The van der Waals surface area contributed by atoms with Gasteiger partial charge >= 0.3 is 23.5 Å². The lowest BCUT2D eigenvalue weighted by Crippen LogP contribution is -2.31. The summed E-state index contributed by atoms with van der Waals surface area (Å²) in [5.41, 5.74) is -0.180. The Morgan fingerprint density at radius 2 is 1.62 bits per heavy atom. The second-order valence-electron chi connectivity index (χ2n) is 7.59. The van der Waals surface area contributed by atoms with Crippen molar-refractivity contribution in [2.75, 3.05) is 12.9 Å². The van der Waals surface area contributed by atoms with Crippen molar-refractivity contribution in [3.05, 3.63) is 0 Å². The van der Waals surface area contributed by atoms with E-state index in [-0.39, 0.29) is 11.5 Å². The maximum atomic E-state index is 12.1. The van der Waals surface area contributed by atoms with Crippen LogP contribution < -0.4 is 0 Å². The van der Waals surface area contributed by atoms with E-state index in [0.29, 0.717) is 12.3 Å². The first kappa shape index (κ1) is 29.3. The highest BCUT2D eigenvalue weighted by atomic mass is 33.1. The number of phosphoric ester groups is 1. The third-order valence-electron chi connectivity index (χ3n) is 5.07. The summed E-state index contributed by atoms with van der Waals surface area (Å²) in [6.07, 6.45) is 7.83. The molecule has 12 nitrogen and oxygen atoms in total. The molecule has 0 bridgehead atoms. The van der Waals surface area contributed by atoms with Gasteiger partial charge in [0.1, 0.15) is 11.5 Å². The van der Waals surface area contributed by atoms with E-state index in [4.69, 9.17) is 23.8 Å². The van der Waals surface area contributed by atoms with Crippen molar-refractivity contribution in [1.29, 1.82) is 0 Å². The van der Waals surface area contributed by atoms with Crippen LogP contribution in [-0.4, -0.2) is 56.2 Å². The first-order chi connectivity index (χ1) is 14.8. The van der Waals surface area contributed by atoms with Crippen molar-refractivity contribution in [2.24, 2.45) is 5.92 Å². The van der Waals surface area contributed by atoms with Gasteiger partial charge in [0, 0.05) is 6.42 Å². The van der Waals surface area contributed by atoms with Crippen molar-refractivity contribution in [2.45, 2.75) is 75.6 Å². The summed E-state index contributed by atoms with van der Waals surface area (Å²) < 4.78 is 58.8. The summed E-state index contributed by atoms with van der Waals surface area (Å²) >= 11 is 0. The molecule has 1 aliphatic heterocycles. The minimum Gasteiger partial charge on any atom is -0.369 e. The third kappa shape index (κ3) is 10.7. The van der Waals surface area contributed by atoms with Crippen molar-refractivity contribution in [3.63, 3.8) is 0 Å². The fourth-order valence-electron chi connectivity index (χ4n) is 3.90. The highest BCUT2D eigenvalue weighted by Gasteiger charge is 2.44. The molecular weight excluding hydrogens is 529 g/mol. The Hall–Kier alpha value is 1.03. The van der Waals surface area contributed by atoms with E-state index in [9.17, 15) is 23.5 Å². The quantitative estimate of drug-likeness (QED) is 0.115. The average Bonchev–Trinajstić information content (AvgIpc) is 2.83. The predicted molar refractivity (Wildman–Crippen MR) is 120 cm³/mol. The molecule has 2 fully saturated rings. The van der Waals surface area contributed by atoms with Crippen LogP contribution in [0.3, 0.4) is 0 Å². The van der Waals surface area contributed by atoms with Crippen LogP contribution in [-0.2, 0) is 36.3 Å². The molecule has 2 rings (SSSR count). The van der Waals surface area contributed by atoms with Crippen LogP contribution in [0, 0.1) is 5.92 Å². The van der Waals surface area contributed by atoms with Crippen molar-refractivity contribution >= 4 is 45.1 Å². The van der Waals surface area contributed by atoms with Crippen molar-refractivity contribution in [1.82, 2.24) is 0 Å². The van der Waals surface area contributed by atoms with Gasteiger partial charge in [0.15, 0.2) is 0 Å². The van der Waals surface area contributed by atoms with Gasteiger partial charge in [-0.3, -0.25) is 4.52 Å². The summed E-state index contributed by atoms with van der Waals surface area (Å²) in [6, 6.07) is 0. The van der Waals surface area contributed by atoms with Crippen LogP contribution in [0.15, 0.2) is 0 Å². The summed E-state index contributed by atoms with van der Waals surface area (Å²) in [5, 5.41) is 0. The standard InChI is InChI=1S/C15H31O12P3S2/c1-11(32-31-2)24-14-9-13(12-7-5-3-4-6-8-12)25-15(14)10-23-29(19,20)27-30(21,22)26-28(16,17)18/h11-15H,3-10H2,1-2H3,(H,19,20)(H,21,22)(H2,16,17,18)/t11-,13+,14+,15+/m0/s1. The SMILES string of the molecule is CSS[C@@H](C)O[C@@H]1C[C@H](C2CCCCCC2)O[C@@H]1COP(=O)(O)OP(=O)(O)OP(=O)(O)O. The maximum Gasteiger partial charge on any atom is 0.490 e. The summed E-state index contributed by atoms with van der Waals surface area (Å²) in [5.74, 6) is 0.337. The highest BCUT2D eigenvalue weighted by Crippen LogP contribution is 2.66. The van der Waals surface area contributed by atoms with Gasteiger partial charge in [-0.2, -0.15) is 8.62 Å². The normalized spacial score (nSPS) is 30.4. The number of ether oxygens (including phenoxy) is 2. The van der Waals surface area contributed by atoms with Gasteiger partial charge in [0.2, 0.25) is 0 Å². The molecule has 2 unspecified atom stereocenters. The van der Waals surface area contributed by atoms with E-state index in [1.54, 1.807) is 0 Å². The lowest BCUT2D eigenvalue weighted by Gasteiger charge is -2.23. The average molecular weight is 560 g/mol. The Balaban J connectivity index is 2.01. The van der Waals surface area contributed by atoms with Gasteiger partial charge < -0.3 is 29.0 Å². The van der Waals surface area contributed by atoms with E-state index >= 15 is 0 Å². The lowest BCUT2D eigenvalue weighted by molar-refractivity contribution is -0.0592. The molecule has 190 valence electrons. The molecule has 0 aromatic carbocycles. The summed E-state index contributed by atoms with van der Waals surface area (Å²) in [7, 11) is -13.2. The molecule has 0 spiro atoms. The molecule has 17 heteroatoms. The first-order valence-corrected chi connectivity index (χ1v) is 17.2. The molecule has 1 saturated heterocycles. The van der Waals surface area contributed by atoms with Gasteiger partial charge in [0.05, 0.1) is 18.8 Å². The van der Waals surface area contributed by atoms with Gasteiger partial charge in [-0.25, -0.2) is 13.7 Å². The smallest absolute Gasteiger partial charge is 0.369 e. The fourth-order valence-corrected chi connectivity index (χ4v) is 8.34. The predicted octanol–water partition coefficient (Wildman–Crippen LogP) is 4.20. The second-order valence-corrected chi connectivity index (χ2v) is 14.8. The summed E-state index contributed by atoms with van der Waals surface area (Å²) in [4.78, 5) is 36.3. The molecule has 1 saturated carbocycles. The Kier molecular flexibility index (Phi) is 11.7. The number of rotatable bonds is 12. The largest absolute Gasteiger partial charge is 0.490 e. The first-order valence-electron chi connectivity index (χ1n) is 10.1. The molecular formula is C15H31O12P3S2. The number of phosphoric acid groups is 3. The molecule has 0 radical (unpaired) electrons. The van der Waals surface area contributed by atoms with E-state index in [1.807, 2.05) is 13.2 Å². The van der Waals surface area contributed by atoms with Crippen LogP contribution >= 0.6 is 45.1 Å². The topological polar surface area (TPSA) is 178 Å². The van der Waals surface area contributed by atoms with E-state index in [1.165, 1.54) is 34.4 Å². The molecule has 6 atom stereocenters. The monoisotopic (exact) mass is 560 g/mol. The summed E-state index contributed by atoms with van der Waals surface area (Å²) in [6.45, 7) is 1.38. The van der Waals surface area contributed by atoms with Gasteiger partial charge in [-0.15, -0.1) is 0 Å². The minimum absolute atomic E-state index is 0.112. The van der Waals surface area contributed by atoms with Crippen molar-refractivity contribution in [3.8, 4) is 0 Å². The van der Waals surface area contributed by atoms with E-state index in [2.05, 4.69) is 8.62 Å². The molecule has 1 heterocycles. The minimum atomic E-state index is -5.56. The highest BCUT2D eigenvalue weighted by molar-refractivity contribution is 8.76. The number of hydrogen-bond donors (Lipinski definition) is 4. The lowest BCUT2D eigenvalue weighted by atomic mass is 9.91. The van der Waals surface area contributed by atoms with Gasteiger partial charge in [-0.05, 0) is 31.9 Å². The maximum absolute atomic E-state index is 12.1. The van der Waals surface area contributed by atoms with Crippen LogP contribution in [0.1, 0.15) is 51.9 Å². The molecule has 0 amide bonds. The Bertz CT molecular complexity index is 728. The van der Waals surface area contributed by atoms with Crippen LogP contribution in [0.4, 0.5) is 0 Å². The zero-order valence-electron chi connectivity index (χ0n) is 17.8. The molecule has 0 aromatic heterocycles. The Morgan fingerprint density at radius 3 is 2.19 bits per heavy atom. The zero-order chi connectivity index (χ0) is 24.0. The van der Waals surface area contributed by atoms with Crippen LogP contribution in [0.2, 0.25) is 0 Å². The third-order valence-corrected chi connectivity index (χ3v) is 10.8. The molecule has 1 aliphatic carbocycles. The molecule has 4 N–H and O–H groups in total. The van der Waals surface area contributed by atoms with Crippen LogP contribution in [0.25, 0.3) is 0 Å². The van der Waals surface area contributed by atoms with Crippen molar-refractivity contribution < 1.29 is 55.9 Å². The second kappa shape index (κ2) is 12.8. The van der Waals surface area contributed by atoms with Gasteiger partial charge in [-0.1, -0.05) is 47.3 Å². The Labute approximate surface area is 195 Å².